The van der Waals surface area contributed by atoms with Crippen molar-refractivity contribution in [1.82, 2.24) is 0 Å². The predicted molar refractivity (Wildman–Crippen MR) is 252 cm³/mol. The summed E-state index contributed by atoms with van der Waals surface area (Å²) in [6, 6.07) is 0. The second-order valence-corrected chi connectivity index (χ2v) is 19.0. The minimum atomic E-state index is -4.40. The van der Waals surface area contributed by atoms with Crippen molar-refractivity contribution in [3.63, 3.8) is 0 Å². The van der Waals surface area contributed by atoms with Crippen molar-refractivity contribution in [3.8, 4) is 0 Å². The summed E-state index contributed by atoms with van der Waals surface area (Å²) in [7, 11) is 1.42. The zero-order chi connectivity index (χ0) is 45.1. The van der Waals surface area contributed by atoms with E-state index in [2.05, 4.69) is 26.0 Å². The Morgan fingerprint density at radius 1 is 0.557 bits per heavy atom. The summed E-state index contributed by atoms with van der Waals surface area (Å²) in [5.74, 6) is -0.721. The van der Waals surface area contributed by atoms with Crippen molar-refractivity contribution in [3.05, 3.63) is 48.6 Å². The molecule has 0 saturated heterocycles. The summed E-state index contributed by atoms with van der Waals surface area (Å²) >= 11 is 0. The topological polar surface area (TPSA) is 125 Å². The van der Waals surface area contributed by atoms with Crippen LogP contribution in [-0.4, -0.2) is 80.7 Å². The molecule has 0 aliphatic carbocycles. The molecule has 0 aromatic heterocycles. The predicted octanol–water partition coefficient (Wildman–Crippen LogP) is 13.4. The van der Waals surface area contributed by atoms with Crippen LogP contribution in [0.15, 0.2) is 48.6 Å². The maximum absolute atomic E-state index is 12.7. The number of rotatable bonds is 44. The molecule has 0 heterocycles. The molecule has 0 aliphatic rings. The van der Waals surface area contributed by atoms with Crippen molar-refractivity contribution >= 4 is 25.5 Å². The molecule has 0 bridgehead atoms. The van der Waals surface area contributed by atoms with E-state index in [0.29, 0.717) is 36.7 Å². The van der Waals surface area contributed by atoms with Gasteiger partial charge in [0.1, 0.15) is 19.8 Å². The van der Waals surface area contributed by atoms with Crippen LogP contribution in [0.1, 0.15) is 200 Å². The Kier molecular flexibility index (Phi) is 40.0. The molecule has 0 radical (unpaired) electrons. The highest BCUT2D eigenvalue weighted by Crippen LogP contribution is 2.43. The zero-order valence-corrected chi connectivity index (χ0v) is 40.5. The fourth-order valence-corrected chi connectivity index (χ4v) is 7.23. The van der Waals surface area contributed by atoms with Gasteiger partial charge in [0.2, 0.25) is 0 Å². The Morgan fingerprint density at radius 2 is 1.03 bits per heavy atom. The van der Waals surface area contributed by atoms with Gasteiger partial charge >= 0.3 is 19.8 Å². The van der Waals surface area contributed by atoms with Gasteiger partial charge in [-0.25, -0.2) is 4.57 Å². The molecular formula is C50H91NO9P+. The third kappa shape index (κ3) is 45.5. The molecule has 0 fully saturated rings. The molecule has 1 N–H and O–H groups in total. The molecule has 0 rings (SSSR count). The van der Waals surface area contributed by atoms with Gasteiger partial charge in [-0.3, -0.25) is 23.4 Å². The van der Waals surface area contributed by atoms with Gasteiger partial charge in [0.25, 0.3) is 0 Å². The van der Waals surface area contributed by atoms with E-state index in [0.717, 1.165) is 51.4 Å². The van der Waals surface area contributed by atoms with E-state index in [-0.39, 0.29) is 31.8 Å². The van der Waals surface area contributed by atoms with Crippen LogP contribution in [0.4, 0.5) is 0 Å². The number of hydrogen-bond donors (Lipinski definition) is 1. The number of unbranched alkanes of at least 4 members (excludes halogenated alkanes) is 21. The van der Waals surface area contributed by atoms with Gasteiger partial charge in [-0.2, -0.15) is 0 Å². The molecule has 2 atom stereocenters. The third-order valence-corrected chi connectivity index (χ3v) is 11.3. The Morgan fingerprint density at radius 3 is 1.59 bits per heavy atom. The second kappa shape index (κ2) is 41.6. The van der Waals surface area contributed by atoms with Crippen LogP contribution in [-0.2, 0) is 37.5 Å². The maximum atomic E-state index is 12.7. The van der Waals surface area contributed by atoms with E-state index in [1.807, 2.05) is 45.4 Å². The normalized spacial score (nSPS) is 13.8. The van der Waals surface area contributed by atoms with Crippen molar-refractivity contribution < 1.29 is 46.8 Å². The molecule has 0 spiro atoms. The number of ketones is 1. The van der Waals surface area contributed by atoms with Crippen molar-refractivity contribution in [2.24, 2.45) is 0 Å². The SMILES string of the molecule is CCCCCCCCCCCCCCCCCCCCCC(=O)O[C@H](COC(=O)CCC/C=C\C/C=C\C/C=C\C=C\C(=O)CCCCC)COP(=O)(O)OCC[N+](C)(C)C. The minimum Gasteiger partial charge on any atom is -0.462 e. The summed E-state index contributed by atoms with van der Waals surface area (Å²) in [5.41, 5.74) is 0. The minimum absolute atomic E-state index is 0.0133. The average molecular weight is 881 g/mol. The molecule has 354 valence electrons. The Balaban J connectivity index is 4.40. The van der Waals surface area contributed by atoms with Crippen molar-refractivity contribution in [2.45, 2.75) is 206 Å². The van der Waals surface area contributed by atoms with Gasteiger partial charge in [0, 0.05) is 19.3 Å². The van der Waals surface area contributed by atoms with Gasteiger partial charge < -0.3 is 18.9 Å². The standard InChI is InChI=1S/C50H90NO9P/c1-6-8-10-11-12-13-14-15-16-17-18-19-20-21-24-28-31-34-38-42-50(54)60-48(46-59-61(55,56)58-44-43-51(3,4)5)45-57-49(53)41-37-33-30-27-25-22-23-26-29-32-36-40-47(52)39-35-9-7-2/h22-23,27,29-30,32,36,40,48H,6-21,24-26,28,31,33-35,37-39,41-46H2,1-5H3/p+1/b23-22-,30-27-,32-29-,40-36+/t48-/m1/s1. The van der Waals surface area contributed by atoms with Crippen LogP contribution in [0, 0.1) is 0 Å². The van der Waals surface area contributed by atoms with Gasteiger partial charge in [-0.1, -0.05) is 185 Å². The summed E-state index contributed by atoms with van der Waals surface area (Å²) in [6.07, 6.45) is 45.8. The smallest absolute Gasteiger partial charge is 0.462 e. The quantitative estimate of drug-likeness (QED) is 0.0121. The number of esters is 2. The van der Waals surface area contributed by atoms with Crippen molar-refractivity contribution in [1.29, 1.82) is 0 Å². The van der Waals surface area contributed by atoms with Gasteiger partial charge in [0.15, 0.2) is 11.9 Å². The fourth-order valence-electron chi connectivity index (χ4n) is 6.49. The van der Waals surface area contributed by atoms with E-state index in [1.165, 1.54) is 96.3 Å². The lowest BCUT2D eigenvalue weighted by molar-refractivity contribution is -0.870. The zero-order valence-electron chi connectivity index (χ0n) is 39.6. The number of nitrogens with zero attached hydrogens (tertiary/aromatic N) is 1. The first kappa shape index (κ1) is 58.6. The number of hydrogen-bond acceptors (Lipinski definition) is 8. The number of phosphoric acid groups is 1. The highest BCUT2D eigenvalue weighted by atomic mass is 31.2. The van der Waals surface area contributed by atoms with Crippen LogP contribution >= 0.6 is 7.82 Å². The summed E-state index contributed by atoms with van der Waals surface area (Å²) in [6.45, 7) is 4.20. The van der Waals surface area contributed by atoms with Crippen LogP contribution in [0.25, 0.3) is 0 Å². The third-order valence-electron chi connectivity index (χ3n) is 10.3. The molecule has 0 aromatic carbocycles. The van der Waals surface area contributed by atoms with E-state index in [4.69, 9.17) is 18.5 Å². The number of carbonyl (C=O) groups is 3. The number of likely N-dealkylation sites (N-methyl/N-ethyl adjacent to an activating group) is 1. The van der Waals surface area contributed by atoms with E-state index in [9.17, 15) is 23.8 Å². The molecule has 10 nitrogen and oxygen atoms in total. The average Bonchev–Trinajstić information content (AvgIpc) is 3.21. The lowest BCUT2D eigenvalue weighted by Gasteiger charge is -2.24. The van der Waals surface area contributed by atoms with Gasteiger partial charge in [-0.05, 0) is 44.6 Å². The summed E-state index contributed by atoms with van der Waals surface area (Å²) in [4.78, 5) is 47.2. The molecule has 61 heavy (non-hydrogen) atoms. The van der Waals surface area contributed by atoms with Crippen LogP contribution in [0.3, 0.4) is 0 Å². The van der Waals surface area contributed by atoms with Crippen LogP contribution < -0.4 is 0 Å². The fraction of sp³-hybridized carbons (Fsp3) is 0.780. The Hall–Kier alpha value is -2.36. The Labute approximate surface area is 373 Å². The lowest BCUT2D eigenvalue weighted by atomic mass is 10.0. The summed E-state index contributed by atoms with van der Waals surface area (Å²) < 4.78 is 34.3. The lowest BCUT2D eigenvalue weighted by Crippen LogP contribution is -2.37. The summed E-state index contributed by atoms with van der Waals surface area (Å²) in [5, 5.41) is 0. The first-order valence-electron chi connectivity index (χ1n) is 24.3. The Bertz CT molecular complexity index is 1240. The number of quaternary nitrogens is 1. The maximum Gasteiger partial charge on any atom is 0.472 e. The van der Waals surface area contributed by atoms with E-state index in [1.54, 1.807) is 12.2 Å². The van der Waals surface area contributed by atoms with Gasteiger partial charge in [0.05, 0.1) is 27.7 Å². The molecule has 0 aliphatic heterocycles. The van der Waals surface area contributed by atoms with E-state index >= 15 is 0 Å². The van der Waals surface area contributed by atoms with E-state index < -0.39 is 32.5 Å². The highest BCUT2D eigenvalue weighted by Gasteiger charge is 2.27. The highest BCUT2D eigenvalue weighted by molar-refractivity contribution is 7.47. The first-order chi connectivity index (χ1) is 29.4. The molecule has 0 amide bonds. The number of carbonyl (C=O) groups excluding carboxylic acids is 3. The van der Waals surface area contributed by atoms with Crippen molar-refractivity contribution in [2.75, 3.05) is 47.5 Å². The number of phosphoric ester groups is 1. The van der Waals surface area contributed by atoms with Gasteiger partial charge in [-0.15, -0.1) is 0 Å². The molecular weight excluding hydrogens is 790 g/mol. The molecule has 11 heteroatoms. The number of ether oxygens (including phenoxy) is 2. The number of allylic oxidation sites excluding steroid dienone is 8. The first-order valence-corrected chi connectivity index (χ1v) is 25.8. The monoisotopic (exact) mass is 881 g/mol. The molecule has 0 saturated carbocycles. The largest absolute Gasteiger partial charge is 0.472 e. The van der Waals surface area contributed by atoms with Crippen LogP contribution in [0.5, 0.6) is 0 Å². The van der Waals surface area contributed by atoms with Crippen LogP contribution in [0.2, 0.25) is 0 Å². The molecule has 0 aromatic rings. The molecule has 1 unspecified atom stereocenters. The second-order valence-electron chi connectivity index (χ2n) is 17.5.